The molecule has 1 fully saturated rings. The molecule has 0 amide bonds. The maximum Gasteiger partial charge on any atom is 0.126 e. The minimum atomic E-state index is -0.730. The van der Waals surface area contributed by atoms with Crippen LogP contribution in [0.3, 0.4) is 0 Å². The molecule has 1 aromatic carbocycles. The Hall–Kier alpha value is -1.13. The van der Waals surface area contributed by atoms with Gasteiger partial charge in [0.05, 0.1) is 6.04 Å². The molecule has 1 N–H and O–H groups in total. The molecular weight excluding hydrogens is 281 g/mol. The van der Waals surface area contributed by atoms with Gasteiger partial charge in [0, 0.05) is 18.7 Å². The summed E-state index contributed by atoms with van der Waals surface area (Å²) in [6.07, 6.45) is 0.484. The standard InChI is InChI=1S/C18H26FNO2/c1-11-7-12(2)10-20(9-11)17-16(21)14-8-13(19)5-6-15(14)22-18(17,3)4/h5-6,8,11-12,16-17,21H,7,9-10H2,1-4H3. The predicted molar refractivity (Wildman–Crippen MR) is 84.4 cm³/mol. The Morgan fingerprint density at radius 3 is 2.50 bits per heavy atom. The highest BCUT2D eigenvalue weighted by Gasteiger charge is 2.47. The van der Waals surface area contributed by atoms with Crippen molar-refractivity contribution in [1.82, 2.24) is 4.90 Å². The summed E-state index contributed by atoms with van der Waals surface area (Å²) in [6.45, 7) is 10.4. The third-order valence-corrected chi connectivity index (χ3v) is 4.97. The Labute approximate surface area is 132 Å². The highest BCUT2D eigenvalue weighted by molar-refractivity contribution is 5.40. The molecule has 0 bridgehead atoms. The maximum absolute atomic E-state index is 13.6. The van der Waals surface area contributed by atoms with E-state index in [9.17, 15) is 9.50 Å². The van der Waals surface area contributed by atoms with Crippen LogP contribution in [0.25, 0.3) is 0 Å². The van der Waals surface area contributed by atoms with Gasteiger partial charge in [-0.2, -0.15) is 0 Å². The second-order valence-corrected chi connectivity index (χ2v) is 7.68. The van der Waals surface area contributed by atoms with Crippen molar-refractivity contribution < 1.29 is 14.2 Å². The molecule has 0 spiro atoms. The number of ether oxygens (including phenoxy) is 1. The lowest BCUT2D eigenvalue weighted by Crippen LogP contribution is -2.60. The van der Waals surface area contributed by atoms with Gasteiger partial charge in [0.25, 0.3) is 0 Å². The van der Waals surface area contributed by atoms with Crippen LogP contribution in [0, 0.1) is 17.7 Å². The molecule has 2 aliphatic heterocycles. The normalized spacial score (nSPS) is 34.8. The number of aliphatic hydroxyl groups is 1. The fraction of sp³-hybridized carbons (Fsp3) is 0.667. The van der Waals surface area contributed by atoms with Gasteiger partial charge in [0.15, 0.2) is 0 Å². The van der Waals surface area contributed by atoms with Gasteiger partial charge >= 0.3 is 0 Å². The first-order valence-electron chi connectivity index (χ1n) is 8.18. The van der Waals surface area contributed by atoms with Gasteiger partial charge in [-0.1, -0.05) is 13.8 Å². The topological polar surface area (TPSA) is 32.7 Å². The van der Waals surface area contributed by atoms with Crippen LogP contribution in [0.4, 0.5) is 4.39 Å². The van der Waals surface area contributed by atoms with Gasteiger partial charge in [-0.05, 0) is 50.3 Å². The second-order valence-electron chi connectivity index (χ2n) is 7.68. The molecule has 0 aliphatic carbocycles. The van der Waals surface area contributed by atoms with Gasteiger partial charge in [0.1, 0.15) is 23.3 Å². The first-order valence-corrected chi connectivity index (χ1v) is 8.18. The molecule has 0 aromatic heterocycles. The Balaban J connectivity index is 1.96. The first kappa shape index (κ1) is 15.8. The summed E-state index contributed by atoms with van der Waals surface area (Å²) in [5.41, 5.74) is 0.0521. The third-order valence-electron chi connectivity index (χ3n) is 4.97. The number of fused-ring (bicyclic) bond motifs is 1. The van der Waals surface area contributed by atoms with E-state index in [1.165, 1.54) is 18.6 Å². The number of benzene rings is 1. The third kappa shape index (κ3) is 2.74. The number of rotatable bonds is 1. The molecule has 122 valence electrons. The van der Waals surface area contributed by atoms with E-state index in [0.717, 1.165) is 13.1 Å². The van der Waals surface area contributed by atoms with Crippen molar-refractivity contribution in [2.24, 2.45) is 11.8 Å². The highest BCUT2D eigenvalue weighted by atomic mass is 19.1. The fourth-order valence-electron chi connectivity index (χ4n) is 4.32. The summed E-state index contributed by atoms with van der Waals surface area (Å²) in [5.74, 6) is 1.45. The van der Waals surface area contributed by atoms with Crippen LogP contribution in [0.1, 0.15) is 45.8 Å². The molecular formula is C18H26FNO2. The number of nitrogens with zero attached hydrogens (tertiary/aromatic N) is 1. The van der Waals surface area contributed by atoms with Crippen molar-refractivity contribution in [2.75, 3.05) is 13.1 Å². The molecule has 0 saturated carbocycles. The van der Waals surface area contributed by atoms with Crippen LogP contribution in [0.15, 0.2) is 18.2 Å². The van der Waals surface area contributed by atoms with E-state index >= 15 is 0 Å². The van der Waals surface area contributed by atoms with E-state index in [1.54, 1.807) is 6.07 Å². The Morgan fingerprint density at radius 1 is 1.23 bits per heavy atom. The van der Waals surface area contributed by atoms with Crippen LogP contribution < -0.4 is 4.74 Å². The predicted octanol–water partition coefficient (Wildman–Crippen LogP) is 3.38. The molecule has 4 unspecified atom stereocenters. The number of likely N-dealkylation sites (tertiary alicyclic amines) is 1. The van der Waals surface area contributed by atoms with Gasteiger partial charge in [-0.15, -0.1) is 0 Å². The SMILES string of the molecule is CC1CC(C)CN(C2C(O)c3cc(F)ccc3OC2(C)C)C1. The van der Waals surface area contributed by atoms with E-state index in [-0.39, 0.29) is 11.9 Å². The van der Waals surface area contributed by atoms with E-state index in [1.807, 2.05) is 13.8 Å². The average Bonchev–Trinajstić information content (AvgIpc) is 2.38. The van der Waals surface area contributed by atoms with Gasteiger partial charge < -0.3 is 9.84 Å². The number of piperidine rings is 1. The van der Waals surface area contributed by atoms with Gasteiger partial charge in [-0.25, -0.2) is 4.39 Å². The fourth-order valence-corrected chi connectivity index (χ4v) is 4.32. The molecule has 22 heavy (non-hydrogen) atoms. The Morgan fingerprint density at radius 2 is 1.86 bits per heavy atom. The first-order chi connectivity index (χ1) is 10.3. The highest BCUT2D eigenvalue weighted by Crippen LogP contribution is 2.43. The molecule has 1 saturated heterocycles. The Bertz CT molecular complexity index is 550. The molecule has 1 aromatic rings. The van der Waals surface area contributed by atoms with Crippen molar-refractivity contribution in [2.45, 2.75) is 51.9 Å². The summed E-state index contributed by atoms with van der Waals surface area (Å²) in [7, 11) is 0. The summed E-state index contributed by atoms with van der Waals surface area (Å²) in [5, 5.41) is 10.9. The lowest BCUT2D eigenvalue weighted by molar-refractivity contribution is -0.0977. The summed E-state index contributed by atoms with van der Waals surface area (Å²) >= 11 is 0. The largest absolute Gasteiger partial charge is 0.486 e. The monoisotopic (exact) mass is 307 g/mol. The number of aliphatic hydroxyl groups excluding tert-OH is 1. The molecule has 2 heterocycles. The number of hydrogen-bond donors (Lipinski definition) is 1. The molecule has 3 nitrogen and oxygen atoms in total. The van der Waals surface area contributed by atoms with E-state index < -0.39 is 11.7 Å². The lowest BCUT2D eigenvalue weighted by Gasteiger charge is -2.50. The Kier molecular flexibility index (Phi) is 3.94. The zero-order chi connectivity index (χ0) is 16.1. The molecule has 2 aliphatic rings. The van der Waals surface area contributed by atoms with Crippen molar-refractivity contribution in [1.29, 1.82) is 0 Å². The summed E-state index contributed by atoms with van der Waals surface area (Å²) < 4.78 is 19.7. The smallest absolute Gasteiger partial charge is 0.126 e. The maximum atomic E-state index is 13.6. The minimum Gasteiger partial charge on any atom is -0.486 e. The van der Waals surface area contributed by atoms with Crippen LogP contribution in [-0.4, -0.2) is 34.7 Å². The molecule has 4 heteroatoms. The van der Waals surface area contributed by atoms with Crippen LogP contribution in [0.2, 0.25) is 0 Å². The van der Waals surface area contributed by atoms with E-state index in [0.29, 0.717) is 23.1 Å². The van der Waals surface area contributed by atoms with Crippen LogP contribution in [-0.2, 0) is 0 Å². The van der Waals surface area contributed by atoms with Crippen molar-refractivity contribution in [3.8, 4) is 5.75 Å². The number of hydrogen-bond acceptors (Lipinski definition) is 3. The second kappa shape index (κ2) is 5.50. The summed E-state index contributed by atoms with van der Waals surface area (Å²) in [6, 6.07) is 4.24. The van der Waals surface area contributed by atoms with Crippen LogP contribution >= 0.6 is 0 Å². The van der Waals surface area contributed by atoms with E-state index in [2.05, 4.69) is 18.7 Å². The average molecular weight is 307 g/mol. The molecule has 4 atom stereocenters. The van der Waals surface area contributed by atoms with Crippen molar-refractivity contribution in [3.05, 3.63) is 29.6 Å². The van der Waals surface area contributed by atoms with Crippen molar-refractivity contribution >= 4 is 0 Å². The van der Waals surface area contributed by atoms with Crippen LogP contribution in [0.5, 0.6) is 5.75 Å². The minimum absolute atomic E-state index is 0.160. The zero-order valence-corrected chi connectivity index (χ0v) is 13.8. The van der Waals surface area contributed by atoms with Gasteiger partial charge in [0.2, 0.25) is 0 Å². The van der Waals surface area contributed by atoms with Crippen molar-refractivity contribution in [3.63, 3.8) is 0 Å². The van der Waals surface area contributed by atoms with Gasteiger partial charge in [-0.3, -0.25) is 4.90 Å². The zero-order valence-electron chi connectivity index (χ0n) is 13.8. The summed E-state index contributed by atoms with van der Waals surface area (Å²) in [4.78, 5) is 2.33. The quantitative estimate of drug-likeness (QED) is 0.863. The number of halogens is 1. The molecule has 0 radical (unpaired) electrons. The molecule has 3 rings (SSSR count). The lowest BCUT2D eigenvalue weighted by atomic mass is 9.81. The van der Waals surface area contributed by atoms with E-state index in [4.69, 9.17) is 4.74 Å².